The number of rotatable bonds is 4. The summed E-state index contributed by atoms with van der Waals surface area (Å²) in [7, 11) is 0. The van der Waals surface area contributed by atoms with Gasteiger partial charge in [-0.1, -0.05) is 12.2 Å². The third kappa shape index (κ3) is 3.27. The van der Waals surface area contributed by atoms with Crippen LogP contribution in [-0.2, 0) is 22.4 Å². The summed E-state index contributed by atoms with van der Waals surface area (Å²) in [5.74, 6) is -2.42. The van der Waals surface area contributed by atoms with E-state index in [4.69, 9.17) is 0 Å². The SMILES string of the molecule is O=C(O)[C@H]1[C@H](C(=O)Nc2sc3c(c2C(=O)N2CCCCC2)CCCC3)[C@H]2C=C[C@H]1C2. The molecule has 2 amide bonds. The zero-order valence-corrected chi connectivity index (χ0v) is 17.9. The summed E-state index contributed by atoms with van der Waals surface area (Å²) in [6.45, 7) is 1.55. The second kappa shape index (κ2) is 7.84. The van der Waals surface area contributed by atoms with Crippen molar-refractivity contribution < 1.29 is 19.5 Å². The largest absolute Gasteiger partial charge is 0.481 e. The first-order valence-corrected chi connectivity index (χ1v) is 12.0. The fraction of sp³-hybridized carbons (Fsp3) is 0.609. The molecule has 0 aromatic carbocycles. The number of piperidine rings is 1. The van der Waals surface area contributed by atoms with E-state index in [1.807, 2.05) is 17.1 Å². The van der Waals surface area contributed by atoms with Gasteiger partial charge in [0.2, 0.25) is 5.91 Å². The summed E-state index contributed by atoms with van der Waals surface area (Å²) >= 11 is 1.53. The highest BCUT2D eigenvalue weighted by molar-refractivity contribution is 7.17. The monoisotopic (exact) mass is 428 g/mol. The predicted octanol–water partition coefficient (Wildman–Crippen LogP) is 3.71. The van der Waals surface area contributed by atoms with E-state index in [-0.39, 0.29) is 23.7 Å². The summed E-state index contributed by atoms with van der Waals surface area (Å²) in [5, 5.41) is 13.4. The number of carboxylic acids is 1. The lowest BCUT2D eigenvalue weighted by Crippen LogP contribution is -2.38. The molecule has 2 bridgehead atoms. The maximum Gasteiger partial charge on any atom is 0.307 e. The normalized spacial score (nSPS) is 29.7. The molecule has 1 saturated heterocycles. The van der Waals surface area contributed by atoms with Gasteiger partial charge < -0.3 is 15.3 Å². The number of hydrogen-bond donors (Lipinski definition) is 2. The molecule has 0 unspecified atom stereocenters. The molecule has 0 spiro atoms. The van der Waals surface area contributed by atoms with Crippen molar-refractivity contribution in [2.45, 2.75) is 51.4 Å². The molecule has 2 N–H and O–H groups in total. The van der Waals surface area contributed by atoms with Gasteiger partial charge in [-0.25, -0.2) is 0 Å². The molecule has 1 aromatic heterocycles. The van der Waals surface area contributed by atoms with Crippen LogP contribution in [0.3, 0.4) is 0 Å². The Kier molecular flexibility index (Phi) is 5.17. The Morgan fingerprint density at radius 3 is 2.40 bits per heavy atom. The Morgan fingerprint density at radius 2 is 1.67 bits per heavy atom. The van der Waals surface area contributed by atoms with Gasteiger partial charge in [0, 0.05) is 18.0 Å². The van der Waals surface area contributed by atoms with Gasteiger partial charge in [0.05, 0.1) is 17.4 Å². The van der Waals surface area contributed by atoms with Crippen molar-refractivity contribution in [3.05, 3.63) is 28.2 Å². The van der Waals surface area contributed by atoms with Crippen molar-refractivity contribution in [3.63, 3.8) is 0 Å². The first kappa shape index (κ1) is 19.8. The molecule has 1 aromatic rings. The highest BCUT2D eigenvalue weighted by Gasteiger charge is 2.51. The first-order valence-electron chi connectivity index (χ1n) is 11.2. The Balaban J connectivity index is 1.45. The zero-order valence-electron chi connectivity index (χ0n) is 17.1. The third-order valence-corrected chi connectivity index (χ3v) is 8.52. The minimum atomic E-state index is -0.901. The van der Waals surface area contributed by atoms with Crippen LogP contribution >= 0.6 is 11.3 Å². The second-order valence-electron chi connectivity index (χ2n) is 9.10. The molecule has 3 aliphatic carbocycles. The zero-order chi connectivity index (χ0) is 20.8. The maximum absolute atomic E-state index is 13.4. The average Bonchev–Trinajstić information content (AvgIpc) is 3.46. The van der Waals surface area contributed by atoms with Gasteiger partial charge in [0.1, 0.15) is 5.00 Å². The highest BCUT2D eigenvalue weighted by atomic mass is 32.1. The number of allylic oxidation sites excluding steroid dienone is 2. The van der Waals surface area contributed by atoms with Crippen LogP contribution < -0.4 is 5.32 Å². The number of aliphatic carboxylic acids is 1. The molecule has 4 atom stereocenters. The molecule has 5 rings (SSSR count). The van der Waals surface area contributed by atoms with Crippen molar-refractivity contribution in [3.8, 4) is 0 Å². The lowest BCUT2D eigenvalue weighted by molar-refractivity contribution is -0.146. The van der Waals surface area contributed by atoms with E-state index in [0.29, 0.717) is 10.6 Å². The van der Waals surface area contributed by atoms with Gasteiger partial charge in [0.15, 0.2) is 0 Å². The van der Waals surface area contributed by atoms with Crippen molar-refractivity contribution in [2.75, 3.05) is 18.4 Å². The number of aryl methyl sites for hydroxylation is 1. The summed E-state index contributed by atoms with van der Waals surface area (Å²) in [5.41, 5.74) is 1.79. The number of fused-ring (bicyclic) bond motifs is 3. The van der Waals surface area contributed by atoms with E-state index in [0.717, 1.165) is 70.0 Å². The maximum atomic E-state index is 13.4. The number of carboxylic acid groups (broad SMARTS) is 1. The molecular formula is C23H28N2O4S. The highest BCUT2D eigenvalue weighted by Crippen LogP contribution is 2.49. The Morgan fingerprint density at radius 1 is 0.967 bits per heavy atom. The number of hydrogen-bond acceptors (Lipinski definition) is 4. The van der Waals surface area contributed by atoms with Gasteiger partial charge in [-0.3, -0.25) is 14.4 Å². The van der Waals surface area contributed by atoms with Crippen molar-refractivity contribution in [1.82, 2.24) is 4.90 Å². The summed E-state index contributed by atoms with van der Waals surface area (Å²) in [6.07, 6.45) is 11.9. The Hall–Kier alpha value is -2.15. The number of likely N-dealkylation sites (tertiary alicyclic amines) is 1. The lowest BCUT2D eigenvalue weighted by Gasteiger charge is -2.28. The standard InChI is InChI=1S/C23H28N2O4S/c26-20(17-13-8-9-14(12-13)18(17)23(28)29)24-21-19(15-6-2-3-7-16(15)30-21)22(27)25-10-4-1-5-11-25/h8-9,13-14,17-18H,1-7,10-12H2,(H,24,26)(H,28,29)/t13-,14-,17+,18+/m0/s1. The molecule has 1 aliphatic heterocycles. The molecule has 2 fully saturated rings. The number of carbonyl (C=O) groups excluding carboxylic acids is 2. The van der Waals surface area contributed by atoms with E-state index in [2.05, 4.69) is 5.32 Å². The number of amides is 2. The number of nitrogens with zero attached hydrogens (tertiary/aromatic N) is 1. The van der Waals surface area contributed by atoms with E-state index >= 15 is 0 Å². The first-order chi connectivity index (χ1) is 14.5. The van der Waals surface area contributed by atoms with E-state index in [9.17, 15) is 19.5 Å². The molecule has 6 nitrogen and oxygen atoms in total. The van der Waals surface area contributed by atoms with Crippen LogP contribution in [0.15, 0.2) is 12.2 Å². The topological polar surface area (TPSA) is 86.7 Å². The predicted molar refractivity (Wildman–Crippen MR) is 115 cm³/mol. The minimum Gasteiger partial charge on any atom is -0.481 e. The molecule has 0 radical (unpaired) electrons. The van der Waals surface area contributed by atoms with E-state index in [1.54, 1.807) is 0 Å². The Bertz CT molecular complexity index is 915. The summed E-state index contributed by atoms with van der Waals surface area (Å²) in [6, 6.07) is 0. The fourth-order valence-corrected chi connectivity index (χ4v) is 7.13. The van der Waals surface area contributed by atoms with Crippen LogP contribution in [0, 0.1) is 23.7 Å². The lowest BCUT2D eigenvalue weighted by atomic mass is 9.82. The number of carbonyl (C=O) groups is 3. The number of nitrogens with one attached hydrogen (secondary N) is 1. The van der Waals surface area contributed by atoms with Crippen LogP contribution in [0.25, 0.3) is 0 Å². The van der Waals surface area contributed by atoms with Gasteiger partial charge in [-0.05, 0) is 68.8 Å². The fourth-order valence-electron chi connectivity index (χ4n) is 5.85. The molecule has 30 heavy (non-hydrogen) atoms. The van der Waals surface area contributed by atoms with E-state index in [1.165, 1.54) is 16.2 Å². The average molecular weight is 429 g/mol. The molecule has 4 aliphatic rings. The van der Waals surface area contributed by atoms with Crippen LogP contribution in [-0.4, -0.2) is 40.9 Å². The van der Waals surface area contributed by atoms with Crippen LogP contribution in [0.4, 0.5) is 5.00 Å². The van der Waals surface area contributed by atoms with Gasteiger partial charge >= 0.3 is 5.97 Å². The second-order valence-corrected chi connectivity index (χ2v) is 10.2. The molecular weight excluding hydrogens is 400 g/mol. The van der Waals surface area contributed by atoms with E-state index < -0.39 is 17.8 Å². The smallest absolute Gasteiger partial charge is 0.307 e. The van der Waals surface area contributed by atoms with Crippen LogP contribution in [0.1, 0.15) is 59.3 Å². The number of thiophene rings is 1. The quantitative estimate of drug-likeness (QED) is 0.716. The van der Waals surface area contributed by atoms with Gasteiger partial charge in [-0.15, -0.1) is 11.3 Å². The van der Waals surface area contributed by atoms with Gasteiger partial charge in [0.25, 0.3) is 5.91 Å². The van der Waals surface area contributed by atoms with Gasteiger partial charge in [-0.2, -0.15) is 0 Å². The van der Waals surface area contributed by atoms with Crippen LogP contribution in [0.2, 0.25) is 0 Å². The van der Waals surface area contributed by atoms with Crippen molar-refractivity contribution in [2.24, 2.45) is 23.7 Å². The summed E-state index contributed by atoms with van der Waals surface area (Å²) < 4.78 is 0. The van der Waals surface area contributed by atoms with Crippen molar-refractivity contribution >= 4 is 34.1 Å². The molecule has 2 heterocycles. The Labute approximate surface area is 180 Å². The third-order valence-electron chi connectivity index (χ3n) is 7.31. The molecule has 7 heteroatoms. The minimum absolute atomic E-state index is 0.0214. The number of anilines is 1. The summed E-state index contributed by atoms with van der Waals surface area (Å²) in [4.78, 5) is 41.7. The van der Waals surface area contributed by atoms with Crippen molar-refractivity contribution in [1.29, 1.82) is 0 Å². The molecule has 1 saturated carbocycles. The van der Waals surface area contributed by atoms with Crippen LogP contribution in [0.5, 0.6) is 0 Å². The molecule has 160 valence electrons.